The Morgan fingerprint density at radius 3 is 2.19 bits per heavy atom. The molecule has 2 aliphatic rings. The van der Waals surface area contributed by atoms with Gasteiger partial charge in [-0.1, -0.05) is 25.3 Å². The fourth-order valence-electron chi connectivity index (χ4n) is 3.62. The Labute approximate surface area is 136 Å². The van der Waals surface area contributed by atoms with Gasteiger partial charge in [0.05, 0.1) is 16.9 Å². The zero-order chi connectivity index (χ0) is 15.4. The molecule has 0 saturated heterocycles. The van der Waals surface area contributed by atoms with E-state index in [1.54, 1.807) is 7.11 Å². The van der Waals surface area contributed by atoms with E-state index in [2.05, 4.69) is 0 Å². The molecule has 0 spiro atoms. The molecule has 2 saturated carbocycles. The van der Waals surface area contributed by atoms with Crippen molar-refractivity contribution in [2.75, 3.05) is 7.11 Å². The summed E-state index contributed by atoms with van der Waals surface area (Å²) >= 11 is 12.7. The molecule has 0 aromatic heterocycles. The topological polar surface area (TPSA) is 46.5 Å². The minimum Gasteiger partial charge on any atom is -0.478 e. The van der Waals surface area contributed by atoms with E-state index in [0.717, 1.165) is 12.8 Å². The normalized spacial score (nSPS) is 35.7. The second-order valence-corrected chi connectivity index (χ2v) is 7.35. The molecule has 2 unspecified atom stereocenters. The number of hydrogen-bond acceptors (Lipinski definition) is 2. The zero-order valence-corrected chi connectivity index (χ0v) is 13.9. The lowest BCUT2D eigenvalue weighted by molar-refractivity contribution is -0.133. The van der Waals surface area contributed by atoms with Gasteiger partial charge in [-0.25, -0.2) is 4.79 Å². The van der Waals surface area contributed by atoms with Gasteiger partial charge < -0.3 is 9.84 Å². The first-order valence-electron chi connectivity index (χ1n) is 7.78. The maximum Gasteiger partial charge on any atom is 0.331 e. The summed E-state index contributed by atoms with van der Waals surface area (Å²) in [5, 5.41) is 9.10. The van der Waals surface area contributed by atoms with Gasteiger partial charge in [0.2, 0.25) is 0 Å². The smallest absolute Gasteiger partial charge is 0.331 e. The van der Waals surface area contributed by atoms with E-state index in [9.17, 15) is 9.90 Å². The number of hydrogen-bond donors (Lipinski definition) is 1. The second kappa shape index (κ2) is 7.85. The highest BCUT2D eigenvalue weighted by Crippen LogP contribution is 2.38. The van der Waals surface area contributed by atoms with E-state index in [-0.39, 0.29) is 22.8 Å². The molecule has 1 N–H and O–H groups in total. The molecule has 0 heterocycles. The Morgan fingerprint density at radius 2 is 1.71 bits per heavy atom. The molecule has 0 bridgehead atoms. The van der Waals surface area contributed by atoms with Crippen molar-refractivity contribution in [1.82, 2.24) is 0 Å². The second-order valence-electron chi connectivity index (χ2n) is 6.23. The van der Waals surface area contributed by atoms with Crippen LogP contribution in [0, 0.1) is 11.8 Å². The van der Waals surface area contributed by atoms with Gasteiger partial charge in [-0.2, -0.15) is 0 Å². The Bertz CT molecular complexity index is 379. The fraction of sp³-hybridized carbons (Fsp3) is 0.812. The summed E-state index contributed by atoms with van der Waals surface area (Å²) in [5.74, 6) is -0.498. The molecular formula is C16H24Cl2O3. The molecule has 2 fully saturated rings. The van der Waals surface area contributed by atoms with E-state index < -0.39 is 5.97 Å². The third-order valence-corrected chi connectivity index (χ3v) is 5.61. The average molecular weight is 335 g/mol. The number of alkyl halides is 2. The lowest BCUT2D eigenvalue weighted by atomic mass is 9.79. The summed E-state index contributed by atoms with van der Waals surface area (Å²) in [4.78, 5) is 11.7. The van der Waals surface area contributed by atoms with Crippen LogP contribution in [0.5, 0.6) is 0 Å². The number of methoxy groups -OCH3 is 1. The number of aliphatic carboxylic acids is 1. The van der Waals surface area contributed by atoms with Gasteiger partial charge in [0.1, 0.15) is 0 Å². The van der Waals surface area contributed by atoms with Crippen molar-refractivity contribution in [2.45, 2.75) is 61.8 Å². The van der Waals surface area contributed by atoms with Crippen LogP contribution in [0.4, 0.5) is 0 Å². The van der Waals surface area contributed by atoms with Crippen molar-refractivity contribution in [2.24, 2.45) is 11.8 Å². The van der Waals surface area contributed by atoms with Crippen LogP contribution in [-0.2, 0) is 9.53 Å². The summed E-state index contributed by atoms with van der Waals surface area (Å²) in [6, 6.07) is 0. The first-order valence-corrected chi connectivity index (χ1v) is 8.66. The predicted molar refractivity (Wildman–Crippen MR) is 85.1 cm³/mol. The van der Waals surface area contributed by atoms with Gasteiger partial charge in [0, 0.05) is 12.7 Å². The van der Waals surface area contributed by atoms with E-state index >= 15 is 0 Å². The molecule has 5 heteroatoms. The van der Waals surface area contributed by atoms with Crippen LogP contribution in [0.1, 0.15) is 44.9 Å². The standard InChI is InChI=1S/C16H24Cl2O3/c1-21-15-13(17)8-11(9-14(15)18)12(16(19)20)7-10-5-3-2-4-6-10/h7,10-11,13-15H,2-6,8-9H2,1H3,(H,19,20)/b12-7+/t11?,13-,14+,15?. The van der Waals surface area contributed by atoms with Gasteiger partial charge in [0.15, 0.2) is 0 Å². The number of ether oxygens (including phenoxy) is 1. The quantitative estimate of drug-likeness (QED) is 0.618. The van der Waals surface area contributed by atoms with E-state index in [0.29, 0.717) is 24.3 Å². The van der Waals surface area contributed by atoms with Crippen LogP contribution in [-0.4, -0.2) is 35.0 Å². The third kappa shape index (κ3) is 4.37. The molecule has 21 heavy (non-hydrogen) atoms. The molecule has 4 atom stereocenters. The van der Waals surface area contributed by atoms with Crippen LogP contribution in [0.25, 0.3) is 0 Å². The predicted octanol–water partition coefficient (Wildman–Crippen LogP) is 4.22. The minimum absolute atomic E-state index is 0.0687. The zero-order valence-electron chi connectivity index (χ0n) is 12.4. The molecular weight excluding hydrogens is 311 g/mol. The van der Waals surface area contributed by atoms with Gasteiger partial charge in [-0.15, -0.1) is 23.2 Å². The highest BCUT2D eigenvalue weighted by Gasteiger charge is 2.39. The summed E-state index contributed by atoms with van der Waals surface area (Å²) in [7, 11) is 1.60. The number of carboxylic acids is 1. The van der Waals surface area contributed by atoms with E-state index in [1.165, 1.54) is 19.3 Å². The van der Waals surface area contributed by atoms with Gasteiger partial charge in [-0.3, -0.25) is 0 Å². The Kier molecular flexibility index (Phi) is 6.39. The summed E-state index contributed by atoms with van der Waals surface area (Å²) in [5.41, 5.74) is 0.507. The Balaban J connectivity index is 2.11. The van der Waals surface area contributed by atoms with Gasteiger partial charge in [-0.05, 0) is 37.5 Å². The largest absolute Gasteiger partial charge is 0.478 e. The Morgan fingerprint density at radius 1 is 1.14 bits per heavy atom. The number of allylic oxidation sites excluding steroid dienone is 1. The Hall–Kier alpha value is -0.250. The number of rotatable bonds is 4. The van der Waals surface area contributed by atoms with Crippen LogP contribution in [0.3, 0.4) is 0 Å². The van der Waals surface area contributed by atoms with Crippen molar-refractivity contribution in [3.8, 4) is 0 Å². The van der Waals surface area contributed by atoms with Gasteiger partial charge >= 0.3 is 5.97 Å². The molecule has 0 amide bonds. The molecule has 0 aromatic carbocycles. The summed E-state index contributed by atoms with van der Waals surface area (Å²) in [6.45, 7) is 0. The highest BCUT2D eigenvalue weighted by atomic mass is 35.5. The molecule has 0 aromatic rings. The van der Waals surface area contributed by atoms with E-state index in [1.807, 2.05) is 6.08 Å². The first kappa shape index (κ1) is 17.1. The average Bonchev–Trinajstić information content (AvgIpc) is 2.45. The molecule has 120 valence electrons. The fourth-order valence-corrected chi connectivity index (χ4v) is 4.68. The molecule has 2 rings (SSSR count). The number of carbonyl (C=O) groups is 1. The van der Waals surface area contributed by atoms with Crippen LogP contribution in [0.15, 0.2) is 11.6 Å². The maximum absolute atomic E-state index is 11.7. The van der Waals surface area contributed by atoms with Crippen molar-refractivity contribution >= 4 is 29.2 Å². The lowest BCUT2D eigenvalue weighted by Crippen LogP contribution is -2.41. The molecule has 3 nitrogen and oxygen atoms in total. The molecule has 0 radical (unpaired) electrons. The van der Waals surface area contributed by atoms with Crippen molar-refractivity contribution in [3.63, 3.8) is 0 Å². The monoisotopic (exact) mass is 334 g/mol. The molecule has 0 aliphatic heterocycles. The van der Waals surface area contributed by atoms with Crippen LogP contribution >= 0.6 is 23.2 Å². The maximum atomic E-state index is 11.7. The van der Waals surface area contributed by atoms with Gasteiger partial charge in [0.25, 0.3) is 0 Å². The minimum atomic E-state index is -0.825. The van der Waals surface area contributed by atoms with Crippen molar-refractivity contribution in [3.05, 3.63) is 11.6 Å². The summed E-state index contributed by atoms with van der Waals surface area (Å²) in [6.07, 6.45) is 8.86. The first-order chi connectivity index (χ1) is 10.0. The van der Waals surface area contributed by atoms with Crippen molar-refractivity contribution in [1.29, 1.82) is 0 Å². The third-order valence-electron chi connectivity index (χ3n) is 4.76. The molecule has 2 aliphatic carbocycles. The number of carboxylic acid groups (broad SMARTS) is 1. The van der Waals surface area contributed by atoms with E-state index in [4.69, 9.17) is 27.9 Å². The van der Waals surface area contributed by atoms with Crippen LogP contribution < -0.4 is 0 Å². The summed E-state index contributed by atoms with van der Waals surface area (Å²) < 4.78 is 5.32. The van der Waals surface area contributed by atoms with Crippen molar-refractivity contribution < 1.29 is 14.6 Å². The highest BCUT2D eigenvalue weighted by molar-refractivity contribution is 6.24. The SMILES string of the molecule is COC1[C@H](Cl)CC(/C(=C\C2CCCCC2)C(=O)O)C[C@@H]1Cl. The lowest BCUT2D eigenvalue weighted by Gasteiger charge is -2.36. The van der Waals surface area contributed by atoms with Crippen LogP contribution in [0.2, 0.25) is 0 Å². The number of halogens is 2.